The number of rotatable bonds is 3. The minimum absolute atomic E-state index is 0.478. The molecule has 0 spiro atoms. The van der Waals surface area contributed by atoms with E-state index in [2.05, 4.69) is 20.9 Å². The molecule has 0 amide bonds. The zero-order valence-electron chi connectivity index (χ0n) is 7.25. The monoisotopic (exact) mass is 240 g/mol. The molecule has 1 rings (SSSR count). The summed E-state index contributed by atoms with van der Waals surface area (Å²) in [6.07, 6.45) is 1.53. The molecule has 0 saturated heterocycles. The van der Waals surface area contributed by atoms with Crippen molar-refractivity contribution in [3.63, 3.8) is 0 Å². The highest BCUT2D eigenvalue weighted by Crippen LogP contribution is 2.18. The van der Waals surface area contributed by atoms with Crippen molar-refractivity contribution in [3.05, 3.63) is 23.5 Å². The lowest BCUT2D eigenvalue weighted by molar-refractivity contribution is 0.338. The Balaban J connectivity index is 3.04. The maximum Gasteiger partial charge on any atom is 0.140 e. The van der Waals surface area contributed by atoms with Gasteiger partial charge in [0.15, 0.2) is 0 Å². The molecule has 0 aliphatic carbocycles. The van der Waals surface area contributed by atoms with E-state index in [9.17, 15) is 0 Å². The van der Waals surface area contributed by atoms with Crippen LogP contribution in [0.1, 0.15) is 18.2 Å². The van der Waals surface area contributed by atoms with Gasteiger partial charge in [-0.2, -0.15) is 5.26 Å². The van der Waals surface area contributed by atoms with Crippen LogP contribution in [-0.4, -0.2) is 11.6 Å². The van der Waals surface area contributed by atoms with Gasteiger partial charge in [-0.25, -0.2) is 0 Å². The van der Waals surface area contributed by atoms with Crippen molar-refractivity contribution >= 4 is 15.9 Å². The summed E-state index contributed by atoms with van der Waals surface area (Å²) in [6, 6.07) is 3.80. The molecule has 1 aromatic heterocycles. The first-order chi connectivity index (χ1) is 6.31. The molecule has 4 heteroatoms. The van der Waals surface area contributed by atoms with Crippen LogP contribution < -0.4 is 4.74 Å². The standard InChI is InChI=1S/C9H9BrN2O/c1-2-13-9-3-8(4-10)12-6-7(9)5-11/h3,6H,2,4H2,1H3. The average Bonchev–Trinajstić information content (AvgIpc) is 2.18. The van der Waals surface area contributed by atoms with E-state index in [-0.39, 0.29) is 0 Å². The number of halogens is 1. The van der Waals surface area contributed by atoms with Gasteiger partial charge in [0.05, 0.1) is 12.3 Å². The van der Waals surface area contributed by atoms with Gasteiger partial charge in [0.25, 0.3) is 0 Å². The number of aromatic nitrogens is 1. The molecular formula is C9H9BrN2O. The highest BCUT2D eigenvalue weighted by molar-refractivity contribution is 9.08. The Hall–Kier alpha value is -1.08. The van der Waals surface area contributed by atoms with Gasteiger partial charge in [-0.3, -0.25) is 4.98 Å². The van der Waals surface area contributed by atoms with Crippen LogP contribution in [0.2, 0.25) is 0 Å². The zero-order chi connectivity index (χ0) is 9.68. The maximum absolute atomic E-state index is 8.73. The molecule has 0 N–H and O–H groups in total. The second-order valence-electron chi connectivity index (χ2n) is 2.35. The van der Waals surface area contributed by atoms with Crippen molar-refractivity contribution in [2.24, 2.45) is 0 Å². The summed E-state index contributed by atoms with van der Waals surface area (Å²) in [5.74, 6) is 0.606. The number of ether oxygens (including phenoxy) is 1. The van der Waals surface area contributed by atoms with E-state index in [1.54, 1.807) is 6.07 Å². The summed E-state index contributed by atoms with van der Waals surface area (Å²) < 4.78 is 5.29. The fraction of sp³-hybridized carbons (Fsp3) is 0.333. The predicted molar refractivity (Wildman–Crippen MR) is 52.8 cm³/mol. The van der Waals surface area contributed by atoms with Gasteiger partial charge in [0, 0.05) is 17.6 Å². The van der Waals surface area contributed by atoms with Crippen molar-refractivity contribution < 1.29 is 4.74 Å². The number of hydrogen-bond donors (Lipinski definition) is 0. The minimum atomic E-state index is 0.478. The SMILES string of the molecule is CCOc1cc(CBr)ncc1C#N. The first-order valence-electron chi connectivity index (χ1n) is 3.89. The van der Waals surface area contributed by atoms with Crippen LogP contribution in [-0.2, 0) is 5.33 Å². The smallest absolute Gasteiger partial charge is 0.140 e. The van der Waals surface area contributed by atoms with Crippen molar-refractivity contribution in [2.75, 3.05) is 6.61 Å². The maximum atomic E-state index is 8.73. The van der Waals surface area contributed by atoms with Crippen LogP contribution in [0.4, 0.5) is 0 Å². The van der Waals surface area contributed by atoms with Crippen LogP contribution in [0, 0.1) is 11.3 Å². The minimum Gasteiger partial charge on any atom is -0.492 e. The lowest BCUT2D eigenvalue weighted by Crippen LogP contribution is -1.97. The van der Waals surface area contributed by atoms with E-state index < -0.39 is 0 Å². The summed E-state index contributed by atoms with van der Waals surface area (Å²) in [7, 11) is 0. The van der Waals surface area contributed by atoms with E-state index >= 15 is 0 Å². The van der Waals surface area contributed by atoms with Gasteiger partial charge < -0.3 is 4.74 Å². The molecule has 68 valence electrons. The van der Waals surface area contributed by atoms with Crippen molar-refractivity contribution in [3.8, 4) is 11.8 Å². The van der Waals surface area contributed by atoms with Gasteiger partial charge in [-0.15, -0.1) is 0 Å². The van der Waals surface area contributed by atoms with Gasteiger partial charge >= 0.3 is 0 Å². The Morgan fingerprint density at radius 3 is 3.00 bits per heavy atom. The molecule has 0 bridgehead atoms. The van der Waals surface area contributed by atoms with Crippen molar-refractivity contribution in [1.82, 2.24) is 4.98 Å². The predicted octanol–water partition coefficient (Wildman–Crippen LogP) is 2.25. The molecule has 0 atom stereocenters. The van der Waals surface area contributed by atoms with E-state index in [0.29, 0.717) is 23.2 Å². The van der Waals surface area contributed by atoms with Gasteiger partial charge in [0.2, 0.25) is 0 Å². The lowest BCUT2D eigenvalue weighted by atomic mass is 10.2. The van der Waals surface area contributed by atoms with Crippen molar-refractivity contribution in [1.29, 1.82) is 5.26 Å². The molecule has 0 unspecified atom stereocenters. The van der Waals surface area contributed by atoms with Crippen LogP contribution in [0.3, 0.4) is 0 Å². The van der Waals surface area contributed by atoms with Crippen LogP contribution in [0.5, 0.6) is 5.75 Å². The summed E-state index contributed by atoms with van der Waals surface area (Å²) in [4.78, 5) is 4.06. The average molecular weight is 241 g/mol. The van der Waals surface area contributed by atoms with Crippen LogP contribution >= 0.6 is 15.9 Å². The number of pyridine rings is 1. The van der Waals surface area contributed by atoms with E-state index in [4.69, 9.17) is 10.00 Å². The second kappa shape index (κ2) is 4.83. The molecule has 0 aliphatic rings. The third-order valence-electron chi connectivity index (χ3n) is 1.48. The fourth-order valence-electron chi connectivity index (χ4n) is 0.909. The molecular weight excluding hydrogens is 232 g/mol. The Morgan fingerprint density at radius 2 is 2.46 bits per heavy atom. The normalized spacial score (nSPS) is 9.31. The summed E-state index contributed by atoms with van der Waals surface area (Å²) in [6.45, 7) is 2.44. The summed E-state index contributed by atoms with van der Waals surface area (Å²) in [5.41, 5.74) is 1.34. The van der Waals surface area contributed by atoms with E-state index in [0.717, 1.165) is 5.69 Å². The van der Waals surface area contributed by atoms with E-state index in [1.165, 1.54) is 6.20 Å². The molecule has 1 aromatic rings. The van der Waals surface area contributed by atoms with Crippen LogP contribution in [0.25, 0.3) is 0 Å². The molecule has 0 saturated carbocycles. The highest BCUT2D eigenvalue weighted by Gasteiger charge is 2.04. The summed E-state index contributed by atoms with van der Waals surface area (Å²) in [5, 5.41) is 9.39. The Labute approximate surface area is 85.5 Å². The molecule has 0 aliphatic heterocycles. The third-order valence-corrected chi connectivity index (χ3v) is 2.05. The first kappa shape index (κ1) is 10.0. The largest absolute Gasteiger partial charge is 0.492 e. The number of alkyl halides is 1. The molecule has 0 fully saturated rings. The van der Waals surface area contributed by atoms with E-state index in [1.807, 2.05) is 13.0 Å². The lowest BCUT2D eigenvalue weighted by Gasteiger charge is -2.05. The third kappa shape index (κ3) is 2.43. The zero-order valence-corrected chi connectivity index (χ0v) is 8.84. The fourth-order valence-corrected chi connectivity index (χ4v) is 1.22. The Kier molecular flexibility index (Phi) is 3.71. The second-order valence-corrected chi connectivity index (χ2v) is 2.91. The molecule has 1 heterocycles. The summed E-state index contributed by atoms with van der Waals surface area (Å²) >= 11 is 3.29. The van der Waals surface area contributed by atoms with Gasteiger partial charge in [-0.1, -0.05) is 15.9 Å². The van der Waals surface area contributed by atoms with Gasteiger partial charge in [0.1, 0.15) is 17.4 Å². The molecule has 0 radical (unpaired) electrons. The number of nitrogens with zero attached hydrogens (tertiary/aromatic N) is 2. The molecule has 3 nitrogen and oxygen atoms in total. The Morgan fingerprint density at radius 1 is 1.69 bits per heavy atom. The van der Waals surface area contributed by atoms with Gasteiger partial charge in [-0.05, 0) is 6.92 Å². The molecule has 13 heavy (non-hydrogen) atoms. The highest BCUT2D eigenvalue weighted by atomic mass is 79.9. The van der Waals surface area contributed by atoms with Crippen molar-refractivity contribution in [2.45, 2.75) is 12.3 Å². The number of hydrogen-bond acceptors (Lipinski definition) is 3. The Bertz CT molecular complexity index is 333. The number of nitriles is 1. The first-order valence-corrected chi connectivity index (χ1v) is 5.01. The van der Waals surface area contributed by atoms with Crippen LogP contribution in [0.15, 0.2) is 12.3 Å². The quantitative estimate of drug-likeness (QED) is 0.762. The topological polar surface area (TPSA) is 45.9 Å². The molecule has 0 aromatic carbocycles.